The normalized spacial score (nSPS) is 12.0. The summed E-state index contributed by atoms with van der Waals surface area (Å²) in [6.45, 7) is 9.10. The first kappa shape index (κ1) is 10.7. The average molecular weight is 178 g/mol. The highest BCUT2D eigenvalue weighted by molar-refractivity contribution is 8.77. The first-order valence-corrected chi connectivity index (χ1v) is 6.25. The molecule has 0 aliphatic carbocycles. The molecule has 0 atom stereocenters. The molecule has 0 aromatic carbocycles. The highest BCUT2D eigenvalue weighted by atomic mass is 33.1. The van der Waals surface area contributed by atoms with Gasteiger partial charge >= 0.3 is 0 Å². The fourth-order valence-corrected chi connectivity index (χ4v) is 3.15. The van der Waals surface area contributed by atoms with Crippen molar-refractivity contribution in [1.29, 1.82) is 0 Å². The van der Waals surface area contributed by atoms with Crippen LogP contribution in [0.4, 0.5) is 0 Å². The molecule has 0 rings (SSSR count). The van der Waals surface area contributed by atoms with E-state index in [2.05, 4.69) is 27.7 Å². The largest absolute Gasteiger partial charge is 0.0939 e. The van der Waals surface area contributed by atoms with Crippen LogP contribution >= 0.6 is 21.6 Å². The van der Waals surface area contributed by atoms with Crippen LogP contribution in [0.1, 0.15) is 40.5 Å². The van der Waals surface area contributed by atoms with Gasteiger partial charge in [-0.15, -0.1) is 0 Å². The molecule has 0 saturated heterocycles. The molecule has 0 amide bonds. The van der Waals surface area contributed by atoms with Crippen molar-refractivity contribution < 1.29 is 0 Å². The van der Waals surface area contributed by atoms with Crippen LogP contribution in [0, 0.1) is 0 Å². The summed E-state index contributed by atoms with van der Waals surface area (Å²) < 4.78 is 0.482. The van der Waals surface area contributed by atoms with E-state index in [0.29, 0.717) is 4.75 Å². The van der Waals surface area contributed by atoms with Crippen molar-refractivity contribution in [2.24, 2.45) is 0 Å². The second-order valence-corrected chi connectivity index (χ2v) is 6.29. The molecule has 0 bridgehead atoms. The first-order chi connectivity index (χ1) is 4.62. The van der Waals surface area contributed by atoms with Gasteiger partial charge in [0.05, 0.1) is 0 Å². The van der Waals surface area contributed by atoms with Gasteiger partial charge in [-0.2, -0.15) is 0 Å². The number of hydrogen-bond donors (Lipinski definition) is 0. The Kier molecular flexibility index (Phi) is 5.74. The molecule has 0 radical (unpaired) electrons. The molecule has 0 heterocycles. The molecule has 62 valence electrons. The van der Waals surface area contributed by atoms with E-state index in [1.807, 2.05) is 21.6 Å². The van der Waals surface area contributed by atoms with E-state index in [-0.39, 0.29) is 0 Å². The smallest absolute Gasteiger partial charge is 0.0207 e. The van der Waals surface area contributed by atoms with Gasteiger partial charge in [-0.05, 0) is 20.3 Å². The van der Waals surface area contributed by atoms with E-state index in [0.717, 1.165) is 0 Å². The monoisotopic (exact) mass is 178 g/mol. The lowest BCUT2D eigenvalue weighted by Crippen LogP contribution is -2.11. The van der Waals surface area contributed by atoms with Crippen molar-refractivity contribution in [2.45, 2.75) is 45.3 Å². The minimum atomic E-state index is 0.482. The van der Waals surface area contributed by atoms with Crippen LogP contribution in [-0.4, -0.2) is 10.5 Å². The lowest BCUT2D eigenvalue weighted by molar-refractivity contribution is 0.631. The molecule has 2 heteroatoms. The van der Waals surface area contributed by atoms with Crippen LogP contribution in [-0.2, 0) is 0 Å². The summed E-state index contributed by atoms with van der Waals surface area (Å²) in [5, 5.41) is 0. The Labute approximate surface area is 72.9 Å². The summed E-state index contributed by atoms with van der Waals surface area (Å²) in [7, 11) is 3.99. The maximum atomic E-state index is 2.32. The highest BCUT2D eigenvalue weighted by Crippen LogP contribution is 2.38. The van der Waals surface area contributed by atoms with E-state index >= 15 is 0 Å². The second kappa shape index (κ2) is 5.36. The molecular formula is C8H18S2. The molecule has 0 aromatic heterocycles. The van der Waals surface area contributed by atoms with Crippen LogP contribution in [0.15, 0.2) is 0 Å². The molecule has 10 heavy (non-hydrogen) atoms. The van der Waals surface area contributed by atoms with E-state index in [9.17, 15) is 0 Å². The van der Waals surface area contributed by atoms with Gasteiger partial charge in [-0.25, -0.2) is 0 Å². The molecule has 0 N–H and O–H groups in total. The zero-order chi connectivity index (χ0) is 8.04. The Morgan fingerprint density at radius 3 is 2.20 bits per heavy atom. The van der Waals surface area contributed by atoms with Crippen molar-refractivity contribution in [2.75, 3.05) is 5.75 Å². The van der Waals surface area contributed by atoms with Crippen molar-refractivity contribution >= 4 is 21.6 Å². The van der Waals surface area contributed by atoms with Crippen LogP contribution in [0.3, 0.4) is 0 Å². The highest BCUT2D eigenvalue weighted by Gasteiger charge is 2.16. The molecule has 0 unspecified atom stereocenters. The molecule has 0 saturated carbocycles. The molecule has 0 aromatic rings. The van der Waals surface area contributed by atoms with Crippen LogP contribution < -0.4 is 0 Å². The fourth-order valence-electron chi connectivity index (χ4n) is 0.862. The Morgan fingerprint density at radius 1 is 1.20 bits per heavy atom. The van der Waals surface area contributed by atoms with Gasteiger partial charge < -0.3 is 0 Å². The maximum Gasteiger partial charge on any atom is 0.0207 e. The molecule has 0 spiro atoms. The minimum Gasteiger partial charge on any atom is -0.0939 e. The zero-order valence-corrected chi connectivity index (χ0v) is 9.07. The van der Waals surface area contributed by atoms with E-state index in [4.69, 9.17) is 0 Å². The summed E-state index contributed by atoms with van der Waals surface area (Å²) in [6.07, 6.45) is 2.62. The molecule has 0 aliphatic heterocycles. The second-order valence-electron chi connectivity index (χ2n) is 3.00. The van der Waals surface area contributed by atoms with Gasteiger partial charge in [-0.3, -0.25) is 0 Å². The summed E-state index contributed by atoms with van der Waals surface area (Å²) in [5.41, 5.74) is 0. The Bertz CT molecular complexity index is 79.3. The van der Waals surface area contributed by atoms with Gasteiger partial charge in [0.25, 0.3) is 0 Å². The summed E-state index contributed by atoms with van der Waals surface area (Å²) in [5.74, 6) is 1.22. The molecule has 0 nitrogen and oxygen atoms in total. The minimum absolute atomic E-state index is 0.482. The summed E-state index contributed by atoms with van der Waals surface area (Å²) in [6, 6.07) is 0. The van der Waals surface area contributed by atoms with E-state index < -0.39 is 0 Å². The van der Waals surface area contributed by atoms with Crippen LogP contribution in [0.2, 0.25) is 0 Å². The van der Waals surface area contributed by atoms with Crippen molar-refractivity contribution in [3.8, 4) is 0 Å². The summed E-state index contributed by atoms with van der Waals surface area (Å²) >= 11 is 0. The Balaban J connectivity index is 3.42. The molecule has 0 fully saturated rings. The third kappa shape index (κ3) is 5.48. The predicted octanol–water partition coefficient (Wildman–Crippen LogP) is 3.97. The molecular weight excluding hydrogens is 160 g/mol. The SMILES string of the molecule is CCCC(C)(C)SSCC. The van der Waals surface area contributed by atoms with Gasteiger partial charge in [-0.1, -0.05) is 41.9 Å². The standard InChI is InChI=1S/C8H18S2/c1-5-7-8(3,4)10-9-6-2/h5-7H2,1-4H3. The Hall–Kier alpha value is 0.700. The summed E-state index contributed by atoms with van der Waals surface area (Å²) in [4.78, 5) is 0. The van der Waals surface area contributed by atoms with Gasteiger partial charge in [0.1, 0.15) is 0 Å². The van der Waals surface area contributed by atoms with Gasteiger partial charge in [0, 0.05) is 10.5 Å². The van der Waals surface area contributed by atoms with Crippen LogP contribution in [0.25, 0.3) is 0 Å². The number of hydrogen-bond acceptors (Lipinski definition) is 2. The topological polar surface area (TPSA) is 0 Å². The quantitative estimate of drug-likeness (QED) is 0.584. The lowest BCUT2D eigenvalue weighted by Gasteiger charge is -2.21. The number of rotatable bonds is 5. The fraction of sp³-hybridized carbons (Fsp3) is 1.00. The van der Waals surface area contributed by atoms with Crippen molar-refractivity contribution in [3.63, 3.8) is 0 Å². The molecule has 0 aliphatic rings. The third-order valence-electron chi connectivity index (χ3n) is 1.25. The van der Waals surface area contributed by atoms with Crippen molar-refractivity contribution in [3.05, 3.63) is 0 Å². The maximum absolute atomic E-state index is 2.32. The lowest BCUT2D eigenvalue weighted by atomic mass is 10.1. The van der Waals surface area contributed by atoms with Gasteiger partial charge in [0.15, 0.2) is 0 Å². The average Bonchev–Trinajstić information content (AvgIpc) is 1.84. The predicted molar refractivity (Wildman–Crippen MR) is 54.7 cm³/mol. The Morgan fingerprint density at radius 2 is 1.80 bits per heavy atom. The van der Waals surface area contributed by atoms with Gasteiger partial charge in [0.2, 0.25) is 0 Å². The zero-order valence-electron chi connectivity index (χ0n) is 7.44. The van der Waals surface area contributed by atoms with Crippen LogP contribution in [0.5, 0.6) is 0 Å². The van der Waals surface area contributed by atoms with E-state index in [1.54, 1.807) is 0 Å². The first-order valence-electron chi connectivity index (χ1n) is 3.93. The third-order valence-corrected chi connectivity index (χ3v) is 4.68. The van der Waals surface area contributed by atoms with E-state index in [1.165, 1.54) is 18.6 Å². The van der Waals surface area contributed by atoms with Crippen molar-refractivity contribution in [1.82, 2.24) is 0 Å².